The van der Waals surface area contributed by atoms with E-state index in [1.807, 2.05) is 11.0 Å². The van der Waals surface area contributed by atoms with Crippen molar-refractivity contribution in [2.75, 3.05) is 40.8 Å². The zero-order valence-electron chi connectivity index (χ0n) is 17.0. The maximum Gasteiger partial charge on any atom is 0.320 e. The Kier molecular flexibility index (Phi) is 5.36. The summed E-state index contributed by atoms with van der Waals surface area (Å²) in [7, 11) is 5.06. The summed E-state index contributed by atoms with van der Waals surface area (Å²) in [5, 5.41) is 0. The van der Waals surface area contributed by atoms with Crippen molar-refractivity contribution in [3.05, 3.63) is 53.6 Å². The number of urea groups is 1. The first-order valence-corrected chi connectivity index (χ1v) is 9.77. The number of benzene rings is 1. The normalized spacial score (nSPS) is 23.9. The molecule has 8 heteroatoms. The quantitative estimate of drug-likeness (QED) is 0.790. The van der Waals surface area contributed by atoms with Crippen molar-refractivity contribution in [1.29, 1.82) is 0 Å². The molecule has 2 fully saturated rings. The van der Waals surface area contributed by atoms with Gasteiger partial charge < -0.3 is 14.5 Å². The standard InChI is InChI=1S/C21H26FN5O2/c1-25(2)21(28)27-12-16-11-26(10-14-8-23-20(29-3)24-9-14)13-18(16)19(27)15-5-4-6-17(22)7-15/h4-9,16,18-19H,10-13H2,1-3H3/t16-,18-,19-/m1/s1. The van der Waals surface area contributed by atoms with Crippen LogP contribution in [0.3, 0.4) is 0 Å². The Morgan fingerprint density at radius 1 is 1.24 bits per heavy atom. The highest BCUT2D eigenvalue weighted by Gasteiger charge is 2.49. The Labute approximate surface area is 170 Å². The molecule has 2 aromatic rings. The number of amides is 2. The maximum atomic E-state index is 13.9. The zero-order valence-corrected chi connectivity index (χ0v) is 17.0. The molecule has 2 saturated heterocycles. The fraction of sp³-hybridized carbons (Fsp3) is 0.476. The summed E-state index contributed by atoms with van der Waals surface area (Å²) < 4.78 is 18.9. The smallest absolute Gasteiger partial charge is 0.320 e. The number of fused-ring (bicyclic) bond motifs is 1. The van der Waals surface area contributed by atoms with Gasteiger partial charge in [0.1, 0.15) is 5.82 Å². The highest BCUT2D eigenvalue weighted by Crippen LogP contribution is 2.45. The van der Waals surface area contributed by atoms with Gasteiger partial charge in [0.2, 0.25) is 0 Å². The van der Waals surface area contributed by atoms with Crippen molar-refractivity contribution in [2.24, 2.45) is 11.8 Å². The van der Waals surface area contributed by atoms with E-state index in [2.05, 4.69) is 14.9 Å². The SMILES string of the molecule is COc1ncc(CN2C[C@@H]3CN(C(=O)N(C)C)[C@H](c4cccc(F)c4)[C@@H]3C2)cn1. The molecule has 3 heterocycles. The molecule has 0 saturated carbocycles. The Bertz CT molecular complexity index is 876. The average molecular weight is 399 g/mol. The van der Waals surface area contributed by atoms with E-state index >= 15 is 0 Å². The van der Waals surface area contributed by atoms with Crippen LogP contribution in [-0.2, 0) is 6.54 Å². The highest BCUT2D eigenvalue weighted by molar-refractivity contribution is 5.75. The molecule has 7 nitrogen and oxygen atoms in total. The van der Waals surface area contributed by atoms with Gasteiger partial charge >= 0.3 is 12.0 Å². The van der Waals surface area contributed by atoms with Gasteiger partial charge in [0.15, 0.2) is 0 Å². The van der Waals surface area contributed by atoms with Crippen LogP contribution in [0.1, 0.15) is 17.2 Å². The first-order chi connectivity index (χ1) is 14.0. The molecule has 3 atom stereocenters. The molecule has 0 spiro atoms. The summed E-state index contributed by atoms with van der Waals surface area (Å²) in [6, 6.07) is 6.85. The van der Waals surface area contributed by atoms with Gasteiger partial charge in [0.05, 0.1) is 13.2 Å². The van der Waals surface area contributed by atoms with Gasteiger partial charge in [0.25, 0.3) is 0 Å². The molecule has 154 valence electrons. The molecule has 0 radical (unpaired) electrons. The largest absolute Gasteiger partial charge is 0.467 e. The topological polar surface area (TPSA) is 61.8 Å². The number of halogens is 1. The minimum Gasteiger partial charge on any atom is -0.467 e. The third-order valence-corrected chi connectivity index (χ3v) is 5.83. The lowest BCUT2D eigenvalue weighted by atomic mass is 9.89. The van der Waals surface area contributed by atoms with E-state index in [9.17, 15) is 9.18 Å². The molecule has 0 aliphatic carbocycles. The monoisotopic (exact) mass is 399 g/mol. The van der Waals surface area contributed by atoms with Crippen molar-refractivity contribution in [3.8, 4) is 6.01 Å². The van der Waals surface area contributed by atoms with Gasteiger partial charge in [-0.1, -0.05) is 12.1 Å². The van der Waals surface area contributed by atoms with Gasteiger partial charge in [-0.25, -0.2) is 19.2 Å². The highest BCUT2D eigenvalue weighted by atomic mass is 19.1. The van der Waals surface area contributed by atoms with Crippen LogP contribution >= 0.6 is 0 Å². The van der Waals surface area contributed by atoms with Crippen LogP contribution in [0.4, 0.5) is 9.18 Å². The predicted octanol–water partition coefficient (Wildman–Crippen LogP) is 2.41. The van der Waals surface area contributed by atoms with E-state index in [0.29, 0.717) is 18.5 Å². The number of rotatable bonds is 4. The van der Waals surface area contributed by atoms with E-state index in [4.69, 9.17) is 4.74 Å². The number of hydrogen-bond acceptors (Lipinski definition) is 5. The van der Waals surface area contributed by atoms with Crippen LogP contribution in [0, 0.1) is 17.7 Å². The molecule has 0 N–H and O–H groups in total. The lowest BCUT2D eigenvalue weighted by Gasteiger charge is -2.31. The summed E-state index contributed by atoms with van der Waals surface area (Å²) in [4.78, 5) is 27.0. The first kappa shape index (κ1) is 19.6. The number of nitrogens with zero attached hydrogens (tertiary/aromatic N) is 5. The van der Waals surface area contributed by atoms with Crippen molar-refractivity contribution >= 4 is 6.03 Å². The molecule has 4 rings (SSSR count). The summed E-state index contributed by atoms with van der Waals surface area (Å²) in [5.74, 6) is 0.347. The van der Waals surface area contributed by atoms with E-state index in [1.165, 1.54) is 6.07 Å². The molecule has 1 aromatic carbocycles. The van der Waals surface area contributed by atoms with Crippen LogP contribution in [0.5, 0.6) is 6.01 Å². The molecule has 0 unspecified atom stereocenters. The lowest BCUT2D eigenvalue weighted by Crippen LogP contribution is -2.41. The van der Waals surface area contributed by atoms with Crippen molar-refractivity contribution in [1.82, 2.24) is 24.7 Å². The fourth-order valence-electron chi connectivity index (χ4n) is 4.63. The van der Waals surface area contributed by atoms with Crippen molar-refractivity contribution < 1.29 is 13.9 Å². The van der Waals surface area contributed by atoms with E-state index in [1.54, 1.807) is 50.6 Å². The molecule has 1 aromatic heterocycles. The van der Waals surface area contributed by atoms with Crippen molar-refractivity contribution in [3.63, 3.8) is 0 Å². The number of methoxy groups -OCH3 is 1. The van der Waals surface area contributed by atoms with Crippen LogP contribution < -0.4 is 4.74 Å². The average Bonchev–Trinajstić information content (AvgIpc) is 3.24. The van der Waals surface area contributed by atoms with Crippen molar-refractivity contribution in [2.45, 2.75) is 12.6 Å². The number of likely N-dealkylation sites (tertiary alicyclic amines) is 2. The summed E-state index contributed by atoms with van der Waals surface area (Å²) in [6.45, 7) is 3.15. The number of carbonyl (C=O) groups excluding carboxylic acids is 1. The van der Waals surface area contributed by atoms with Gasteiger partial charge in [0, 0.05) is 64.1 Å². The Morgan fingerprint density at radius 2 is 2.00 bits per heavy atom. The minimum absolute atomic E-state index is 0.0243. The molecule has 0 bridgehead atoms. The zero-order chi connectivity index (χ0) is 20.5. The van der Waals surface area contributed by atoms with Gasteiger partial charge in [-0.3, -0.25) is 4.90 Å². The first-order valence-electron chi connectivity index (χ1n) is 9.77. The van der Waals surface area contributed by atoms with Crippen LogP contribution in [0.2, 0.25) is 0 Å². The Balaban J connectivity index is 1.54. The third-order valence-electron chi connectivity index (χ3n) is 5.83. The summed E-state index contributed by atoms with van der Waals surface area (Å²) in [5.41, 5.74) is 1.89. The third kappa shape index (κ3) is 3.89. The van der Waals surface area contributed by atoms with E-state index in [0.717, 1.165) is 30.8 Å². The molecular weight excluding hydrogens is 373 g/mol. The molecule has 29 heavy (non-hydrogen) atoms. The number of ether oxygens (including phenoxy) is 1. The Hall–Kier alpha value is -2.74. The summed E-state index contributed by atoms with van der Waals surface area (Å²) in [6.07, 6.45) is 3.57. The number of aromatic nitrogens is 2. The molecular formula is C21H26FN5O2. The summed E-state index contributed by atoms with van der Waals surface area (Å²) >= 11 is 0. The lowest BCUT2D eigenvalue weighted by molar-refractivity contribution is 0.151. The second-order valence-corrected chi connectivity index (χ2v) is 8.03. The van der Waals surface area contributed by atoms with Crippen LogP contribution in [0.25, 0.3) is 0 Å². The molecule has 2 aliphatic rings. The van der Waals surface area contributed by atoms with Crippen LogP contribution in [-0.4, -0.2) is 71.5 Å². The van der Waals surface area contributed by atoms with Crippen LogP contribution in [0.15, 0.2) is 36.7 Å². The maximum absolute atomic E-state index is 13.9. The Morgan fingerprint density at radius 3 is 2.66 bits per heavy atom. The minimum atomic E-state index is -0.270. The molecule has 2 aliphatic heterocycles. The second-order valence-electron chi connectivity index (χ2n) is 8.03. The predicted molar refractivity (Wildman–Crippen MR) is 106 cm³/mol. The molecule has 2 amide bonds. The number of hydrogen-bond donors (Lipinski definition) is 0. The van der Waals surface area contributed by atoms with Gasteiger partial charge in [-0.15, -0.1) is 0 Å². The fourth-order valence-corrected chi connectivity index (χ4v) is 4.63. The van der Waals surface area contributed by atoms with E-state index < -0.39 is 0 Å². The van der Waals surface area contributed by atoms with Gasteiger partial charge in [-0.05, 0) is 23.6 Å². The number of carbonyl (C=O) groups is 1. The van der Waals surface area contributed by atoms with Gasteiger partial charge in [-0.2, -0.15) is 0 Å². The second kappa shape index (κ2) is 7.94. The van der Waals surface area contributed by atoms with E-state index in [-0.39, 0.29) is 23.8 Å².